The Labute approximate surface area is 84.7 Å². The highest BCUT2D eigenvalue weighted by Gasteiger charge is 2.06. The third-order valence-electron chi connectivity index (χ3n) is 1.86. The molecular formula is C10H17N3O. The summed E-state index contributed by atoms with van der Waals surface area (Å²) < 4.78 is 5.10. The van der Waals surface area contributed by atoms with Gasteiger partial charge in [0.05, 0.1) is 12.8 Å². The number of nitrogens with zero attached hydrogens (tertiary/aromatic N) is 2. The molecule has 0 amide bonds. The third kappa shape index (κ3) is 2.58. The average molecular weight is 195 g/mol. The van der Waals surface area contributed by atoms with Gasteiger partial charge in [-0.15, -0.1) is 0 Å². The molecule has 0 spiro atoms. The van der Waals surface area contributed by atoms with Gasteiger partial charge < -0.3 is 10.1 Å². The summed E-state index contributed by atoms with van der Waals surface area (Å²) in [5.74, 6) is 1.62. The Morgan fingerprint density at radius 3 is 2.64 bits per heavy atom. The number of hydrogen-bond acceptors (Lipinski definition) is 4. The van der Waals surface area contributed by atoms with Crippen LogP contribution in [0, 0.1) is 0 Å². The van der Waals surface area contributed by atoms with Crippen LogP contribution in [0.15, 0.2) is 6.07 Å². The Morgan fingerprint density at radius 2 is 2.14 bits per heavy atom. The predicted octanol–water partition coefficient (Wildman–Crippen LogP) is 2.04. The van der Waals surface area contributed by atoms with E-state index in [1.807, 2.05) is 13.0 Å². The van der Waals surface area contributed by atoms with Crippen LogP contribution in [0.25, 0.3) is 0 Å². The van der Waals surface area contributed by atoms with E-state index in [-0.39, 0.29) is 0 Å². The molecule has 0 atom stereocenters. The summed E-state index contributed by atoms with van der Waals surface area (Å²) in [6, 6.07) is 1.87. The summed E-state index contributed by atoms with van der Waals surface area (Å²) in [6.07, 6.45) is 0. The van der Waals surface area contributed by atoms with Crippen molar-refractivity contribution in [1.29, 1.82) is 0 Å². The largest absolute Gasteiger partial charge is 0.481 e. The number of rotatable bonds is 4. The summed E-state index contributed by atoms with van der Waals surface area (Å²) in [5, 5.41) is 3.08. The van der Waals surface area contributed by atoms with Crippen LogP contribution in [-0.2, 0) is 0 Å². The van der Waals surface area contributed by atoms with Gasteiger partial charge in [0.2, 0.25) is 11.8 Å². The van der Waals surface area contributed by atoms with E-state index in [4.69, 9.17) is 4.74 Å². The second-order valence-electron chi connectivity index (χ2n) is 3.34. The molecule has 0 aliphatic heterocycles. The molecular weight excluding hydrogens is 178 g/mol. The number of anilines is 1. The zero-order valence-electron chi connectivity index (χ0n) is 9.16. The van der Waals surface area contributed by atoms with Gasteiger partial charge in [-0.25, -0.2) is 4.98 Å². The first-order valence-electron chi connectivity index (χ1n) is 4.84. The fraction of sp³-hybridized carbons (Fsp3) is 0.600. The SMILES string of the molecule is CCNc1nc(OC)cc(C(C)C)n1. The Kier molecular flexibility index (Phi) is 3.68. The van der Waals surface area contributed by atoms with Gasteiger partial charge in [0.15, 0.2) is 0 Å². The van der Waals surface area contributed by atoms with Crippen LogP contribution in [0.4, 0.5) is 5.95 Å². The summed E-state index contributed by atoms with van der Waals surface area (Å²) >= 11 is 0. The molecule has 78 valence electrons. The lowest BCUT2D eigenvalue weighted by atomic mass is 10.1. The number of hydrogen-bond donors (Lipinski definition) is 1. The van der Waals surface area contributed by atoms with Crippen LogP contribution >= 0.6 is 0 Å². The number of methoxy groups -OCH3 is 1. The van der Waals surface area contributed by atoms with Crippen LogP contribution in [0.1, 0.15) is 32.4 Å². The molecule has 0 bridgehead atoms. The maximum Gasteiger partial charge on any atom is 0.226 e. The van der Waals surface area contributed by atoms with Crippen molar-refractivity contribution in [1.82, 2.24) is 9.97 Å². The van der Waals surface area contributed by atoms with Gasteiger partial charge in [-0.05, 0) is 12.8 Å². The van der Waals surface area contributed by atoms with Crippen LogP contribution in [0.2, 0.25) is 0 Å². The molecule has 1 heterocycles. The minimum Gasteiger partial charge on any atom is -0.481 e. The van der Waals surface area contributed by atoms with Crippen LogP contribution in [0.5, 0.6) is 5.88 Å². The first-order valence-corrected chi connectivity index (χ1v) is 4.84. The zero-order chi connectivity index (χ0) is 10.6. The molecule has 0 radical (unpaired) electrons. The Morgan fingerprint density at radius 1 is 1.43 bits per heavy atom. The molecule has 1 N–H and O–H groups in total. The summed E-state index contributed by atoms with van der Waals surface area (Å²) in [4.78, 5) is 8.55. The second-order valence-corrected chi connectivity index (χ2v) is 3.34. The number of ether oxygens (including phenoxy) is 1. The standard InChI is InChI=1S/C10H17N3O/c1-5-11-10-12-8(7(2)3)6-9(13-10)14-4/h6-7H,5H2,1-4H3,(H,11,12,13). The minimum absolute atomic E-state index is 0.379. The molecule has 0 aliphatic rings. The fourth-order valence-electron chi connectivity index (χ4n) is 1.08. The molecule has 4 heteroatoms. The van der Waals surface area contributed by atoms with Crippen molar-refractivity contribution < 1.29 is 4.74 Å². The summed E-state index contributed by atoms with van der Waals surface area (Å²) in [5.41, 5.74) is 0.993. The monoisotopic (exact) mass is 195 g/mol. The average Bonchev–Trinajstić information content (AvgIpc) is 2.17. The van der Waals surface area contributed by atoms with E-state index in [0.717, 1.165) is 12.2 Å². The van der Waals surface area contributed by atoms with Crippen LogP contribution < -0.4 is 10.1 Å². The van der Waals surface area contributed by atoms with E-state index in [1.165, 1.54) is 0 Å². The third-order valence-corrected chi connectivity index (χ3v) is 1.86. The van der Waals surface area contributed by atoms with Crippen molar-refractivity contribution in [3.63, 3.8) is 0 Å². The molecule has 14 heavy (non-hydrogen) atoms. The van der Waals surface area contributed by atoms with Gasteiger partial charge in [0.25, 0.3) is 0 Å². The van der Waals surface area contributed by atoms with E-state index >= 15 is 0 Å². The molecule has 0 aliphatic carbocycles. The highest BCUT2D eigenvalue weighted by atomic mass is 16.5. The second kappa shape index (κ2) is 4.79. The van der Waals surface area contributed by atoms with E-state index in [2.05, 4.69) is 29.1 Å². The molecule has 0 fully saturated rings. The molecule has 1 aromatic heterocycles. The smallest absolute Gasteiger partial charge is 0.226 e. The van der Waals surface area contributed by atoms with Gasteiger partial charge in [-0.1, -0.05) is 13.8 Å². The lowest BCUT2D eigenvalue weighted by molar-refractivity contribution is 0.396. The fourth-order valence-corrected chi connectivity index (χ4v) is 1.08. The van der Waals surface area contributed by atoms with Gasteiger partial charge >= 0.3 is 0 Å². The molecule has 1 rings (SSSR count). The lowest BCUT2D eigenvalue weighted by Gasteiger charge is -2.09. The van der Waals surface area contributed by atoms with E-state index < -0.39 is 0 Å². The topological polar surface area (TPSA) is 47.0 Å². The minimum atomic E-state index is 0.379. The van der Waals surface area contributed by atoms with E-state index in [1.54, 1.807) is 7.11 Å². The first-order chi connectivity index (χ1) is 6.67. The van der Waals surface area contributed by atoms with E-state index in [9.17, 15) is 0 Å². The van der Waals surface area contributed by atoms with Crippen molar-refractivity contribution in [3.8, 4) is 5.88 Å². The van der Waals surface area contributed by atoms with E-state index in [0.29, 0.717) is 17.7 Å². The predicted molar refractivity (Wildman–Crippen MR) is 56.8 cm³/mol. The highest BCUT2D eigenvalue weighted by Crippen LogP contribution is 2.18. The van der Waals surface area contributed by atoms with Gasteiger partial charge in [-0.3, -0.25) is 0 Å². The summed E-state index contributed by atoms with van der Waals surface area (Å²) in [6.45, 7) is 7.01. The van der Waals surface area contributed by atoms with Crippen molar-refractivity contribution in [2.75, 3.05) is 19.0 Å². The molecule has 1 aromatic rings. The quantitative estimate of drug-likeness (QED) is 0.798. The van der Waals surface area contributed by atoms with Crippen molar-refractivity contribution >= 4 is 5.95 Å². The molecule has 0 saturated carbocycles. The van der Waals surface area contributed by atoms with Gasteiger partial charge in [0, 0.05) is 12.6 Å². The Bertz CT molecular complexity index is 299. The van der Waals surface area contributed by atoms with Gasteiger partial charge in [0.1, 0.15) is 0 Å². The molecule has 0 saturated heterocycles. The molecule has 0 aromatic carbocycles. The van der Waals surface area contributed by atoms with Gasteiger partial charge in [-0.2, -0.15) is 4.98 Å². The first kappa shape index (κ1) is 10.8. The van der Waals surface area contributed by atoms with Crippen molar-refractivity contribution in [2.24, 2.45) is 0 Å². The zero-order valence-corrected chi connectivity index (χ0v) is 9.16. The Balaban J connectivity index is 3.00. The maximum absolute atomic E-state index is 5.10. The lowest BCUT2D eigenvalue weighted by Crippen LogP contribution is -2.06. The maximum atomic E-state index is 5.10. The molecule has 0 unspecified atom stereocenters. The molecule has 4 nitrogen and oxygen atoms in total. The normalized spacial score (nSPS) is 10.4. The van der Waals surface area contributed by atoms with Crippen molar-refractivity contribution in [3.05, 3.63) is 11.8 Å². The van der Waals surface area contributed by atoms with Crippen molar-refractivity contribution in [2.45, 2.75) is 26.7 Å². The van der Waals surface area contributed by atoms with Crippen LogP contribution in [0.3, 0.4) is 0 Å². The highest BCUT2D eigenvalue weighted by molar-refractivity contribution is 5.31. The Hall–Kier alpha value is -1.32. The summed E-state index contributed by atoms with van der Waals surface area (Å²) in [7, 11) is 1.61. The number of aromatic nitrogens is 2. The van der Waals surface area contributed by atoms with Crippen LogP contribution in [-0.4, -0.2) is 23.6 Å². The number of nitrogens with one attached hydrogen (secondary N) is 1.